The number of anilines is 1. The van der Waals surface area contributed by atoms with Gasteiger partial charge < -0.3 is 13.6 Å². The number of aryl methyl sites for hydroxylation is 2. The van der Waals surface area contributed by atoms with Crippen molar-refractivity contribution >= 4 is 22.9 Å². The summed E-state index contributed by atoms with van der Waals surface area (Å²) in [6, 6.07) is 16.6. The Balaban J connectivity index is 1.41. The van der Waals surface area contributed by atoms with Crippen LogP contribution in [0, 0.1) is 13.8 Å². The second kappa shape index (κ2) is 6.99. The number of hydrogen-bond donors (Lipinski definition) is 1. The zero-order valence-corrected chi connectivity index (χ0v) is 15.0. The topological polar surface area (TPSA) is 77.5 Å². The summed E-state index contributed by atoms with van der Waals surface area (Å²) in [5.41, 5.74) is 3.61. The molecule has 2 aromatic carbocycles. The Hall–Kier alpha value is -3.54. The minimum absolute atomic E-state index is 0.109. The number of nitrogens with one attached hydrogen (secondary N) is 1. The number of nitrogens with zero attached hydrogens (tertiary/aromatic N) is 1. The summed E-state index contributed by atoms with van der Waals surface area (Å²) in [5, 5.41) is 2.66. The summed E-state index contributed by atoms with van der Waals surface area (Å²) in [4.78, 5) is 16.5. The molecule has 0 aliphatic rings. The number of oxazole rings is 1. The Morgan fingerprint density at radius 3 is 2.74 bits per heavy atom. The maximum atomic E-state index is 12.1. The predicted molar refractivity (Wildman–Crippen MR) is 102 cm³/mol. The summed E-state index contributed by atoms with van der Waals surface area (Å²) < 4.78 is 16.8. The minimum atomic E-state index is -0.314. The van der Waals surface area contributed by atoms with Crippen LogP contribution in [0.5, 0.6) is 5.75 Å². The Morgan fingerprint density at radius 1 is 1.04 bits per heavy atom. The molecule has 6 nitrogen and oxygen atoms in total. The fraction of sp³-hybridized carbons (Fsp3) is 0.143. The molecular weight excluding hydrogens is 344 g/mol. The lowest BCUT2D eigenvalue weighted by atomic mass is 10.2. The van der Waals surface area contributed by atoms with Gasteiger partial charge in [-0.25, -0.2) is 4.98 Å². The number of benzene rings is 2. The van der Waals surface area contributed by atoms with Crippen molar-refractivity contribution in [3.63, 3.8) is 0 Å². The summed E-state index contributed by atoms with van der Waals surface area (Å²) >= 11 is 0. The number of amides is 1. The Labute approximate surface area is 155 Å². The molecule has 27 heavy (non-hydrogen) atoms. The number of aromatic nitrogens is 1. The lowest BCUT2D eigenvalue weighted by Crippen LogP contribution is -2.19. The molecule has 0 saturated carbocycles. The van der Waals surface area contributed by atoms with Crippen LogP contribution in [-0.4, -0.2) is 17.5 Å². The van der Waals surface area contributed by atoms with Crippen LogP contribution < -0.4 is 10.1 Å². The van der Waals surface area contributed by atoms with Crippen LogP contribution in [-0.2, 0) is 4.79 Å². The van der Waals surface area contributed by atoms with E-state index in [4.69, 9.17) is 13.6 Å². The monoisotopic (exact) mass is 362 g/mol. The lowest BCUT2D eigenvalue weighted by molar-refractivity contribution is -0.118. The first-order valence-corrected chi connectivity index (χ1v) is 8.53. The molecule has 0 fully saturated rings. The molecule has 0 bridgehead atoms. The highest BCUT2D eigenvalue weighted by Crippen LogP contribution is 2.28. The average Bonchev–Trinajstić information content (AvgIpc) is 3.26. The fourth-order valence-electron chi connectivity index (χ4n) is 2.69. The molecule has 0 radical (unpaired) electrons. The minimum Gasteiger partial charge on any atom is -0.484 e. The molecule has 0 spiro atoms. The molecule has 1 N–H and O–H groups in total. The summed E-state index contributed by atoms with van der Waals surface area (Å²) in [6.45, 7) is 3.85. The zero-order valence-electron chi connectivity index (χ0n) is 15.0. The third-order valence-electron chi connectivity index (χ3n) is 3.98. The molecule has 1 amide bonds. The number of rotatable bonds is 5. The first-order chi connectivity index (χ1) is 13.1. The molecule has 0 saturated heterocycles. The largest absolute Gasteiger partial charge is 0.484 e. The van der Waals surface area contributed by atoms with Gasteiger partial charge >= 0.3 is 0 Å². The van der Waals surface area contributed by atoms with E-state index < -0.39 is 0 Å². The number of hydrogen-bond acceptors (Lipinski definition) is 5. The average molecular weight is 362 g/mol. The molecule has 0 aliphatic carbocycles. The molecule has 2 heterocycles. The van der Waals surface area contributed by atoms with Crippen LogP contribution >= 0.6 is 0 Å². The Morgan fingerprint density at radius 2 is 1.89 bits per heavy atom. The fourth-order valence-corrected chi connectivity index (χ4v) is 2.69. The number of carbonyl (C=O) groups is 1. The van der Waals surface area contributed by atoms with Gasteiger partial charge in [0.05, 0.1) is 0 Å². The second-order valence-corrected chi connectivity index (χ2v) is 6.31. The van der Waals surface area contributed by atoms with Gasteiger partial charge in [-0.05, 0) is 55.3 Å². The third kappa shape index (κ3) is 3.84. The van der Waals surface area contributed by atoms with Crippen LogP contribution in [0.1, 0.15) is 11.1 Å². The van der Waals surface area contributed by atoms with E-state index in [1.54, 1.807) is 18.2 Å². The second-order valence-electron chi connectivity index (χ2n) is 6.31. The van der Waals surface area contributed by atoms with E-state index in [1.807, 2.05) is 50.2 Å². The molecule has 0 aliphatic heterocycles. The Bertz CT molecular complexity index is 1110. The number of ether oxygens (including phenoxy) is 1. The van der Waals surface area contributed by atoms with E-state index in [0.29, 0.717) is 28.9 Å². The zero-order chi connectivity index (χ0) is 18.8. The van der Waals surface area contributed by atoms with E-state index in [-0.39, 0.29) is 12.5 Å². The summed E-state index contributed by atoms with van der Waals surface area (Å²) in [6.07, 6.45) is 0. The number of furan rings is 1. The highest BCUT2D eigenvalue weighted by Gasteiger charge is 2.14. The third-order valence-corrected chi connectivity index (χ3v) is 3.98. The first kappa shape index (κ1) is 16.9. The highest BCUT2D eigenvalue weighted by atomic mass is 16.5. The number of fused-ring (bicyclic) bond motifs is 1. The van der Waals surface area contributed by atoms with E-state index in [9.17, 15) is 4.79 Å². The van der Waals surface area contributed by atoms with Crippen LogP contribution in [0.15, 0.2) is 63.4 Å². The molecule has 6 heteroatoms. The SMILES string of the molecule is Cc1cccc(OCC(=O)Nc2ccc(-c3nc4cc(C)ccc4o3)o2)c1. The van der Waals surface area contributed by atoms with Crippen molar-refractivity contribution in [2.45, 2.75) is 13.8 Å². The van der Waals surface area contributed by atoms with Gasteiger partial charge in [0.15, 0.2) is 18.0 Å². The van der Waals surface area contributed by atoms with Crippen molar-refractivity contribution < 1.29 is 18.4 Å². The molecule has 4 rings (SSSR count). The molecular formula is C21H18N2O4. The molecule has 0 atom stereocenters. The van der Waals surface area contributed by atoms with Crippen molar-refractivity contribution in [1.29, 1.82) is 0 Å². The Kier molecular flexibility index (Phi) is 4.38. The first-order valence-electron chi connectivity index (χ1n) is 8.53. The maximum absolute atomic E-state index is 12.1. The summed E-state index contributed by atoms with van der Waals surface area (Å²) in [7, 11) is 0. The van der Waals surface area contributed by atoms with Crippen molar-refractivity contribution in [1.82, 2.24) is 4.98 Å². The quantitative estimate of drug-likeness (QED) is 0.556. The summed E-state index contributed by atoms with van der Waals surface area (Å²) in [5.74, 6) is 1.45. The molecule has 4 aromatic rings. The lowest BCUT2D eigenvalue weighted by Gasteiger charge is -2.06. The van der Waals surface area contributed by atoms with Crippen molar-refractivity contribution in [2.24, 2.45) is 0 Å². The highest BCUT2D eigenvalue weighted by molar-refractivity contribution is 5.90. The van der Waals surface area contributed by atoms with Gasteiger partial charge in [0, 0.05) is 6.07 Å². The number of carbonyl (C=O) groups excluding carboxylic acids is 1. The molecule has 0 unspecified atom stereocenters. The van der Waals surface area contributed by atoms with Gasteiger partial charge in [0.25, 0.3) is 11.8 Å². The van der Waals surface area contributed by atoms with Gasteiger partial charge in [0.2, 0.25) is 5.88 Å². The van der Waals surface area contributed by atoms with E-state index >= 15 is 0 Å². The van der Waals surface area contributed by atoms with E-state index in [2.05, 4.69) is 10.3 Å². The van der Waals surface area contributed by atoms with E-state index in [1.165, 1.54) is 0 Å². The van der Waals surface area contributed by atoms with E-state index in [0.717, 1.165) is 16.6 Å². The maximum Gasteiger partial charge on any atom is 0.264 e. The standard InChI is InChI=1S/C21H18N2O4/c1-13-4-3-5-15(10-13)25-12-19(24)23-20-9-8-18(26-20)21-22-16-11-14(2)6-7-17(16)27-21/h3-11H,12H2,1-2H3,(H,23,24). The van der Waals surface area contributed by atoms with Gasteiger partial charge in [-0.15, -0.1) is 0 Å². The van der Waals surface area contributed by atoms with Crippen LogP contribution in [0.2, 0.25) is 0 Å². The normalized spacial score (nSPS) is 10.9. The smallest absolute Gasteiger partial charge is 0.264 e. The van der Waals surface area contributed by atoms with Crippen LogP contribution in [0.3, 0.4) is 0 Å². The molecule has 2 aromatic heterocycles. The van der Waals surface area contributed by atoms with Gasteiger partial charge in [-0.3, -0.25) is 10.1 Å². The van der Waals surface area contributed by atoms with Gasteiger partial charge in [0.1, 0.15) is 11.3 Å². The van der Waals surface area contributed by atoms with Gasteiger partial charge in [-0.1, -0.05) is 18.2 Å². The van der Waals surface area contributed by atoms with Crippen LogP contribution in [0.4, 0.5) is 5.88 Å². The van der Waals surface area contributed by atoms with Crippen molar-refractivity contribution in [3.8, 4) is 17.4 Å². The van der Waals surface area contributed by atoms with Crippen LogP contribution in [0.25, 0.3) is 22.8 Å². The van der Waals surface area contributed by atoms with Crippen molar-refractivity contribution in [2.75, 3.05) is 11.9 Å². The van der Waals surface area contributed by atoms with Gasteiger partial charge in [-0.2, -0.15) is 0 Å². The van der Waals surface area contributed by atoms with Crippen molar-refractivity contribution in [3.05, 3.63) is 65.7 Å². The predicted octanol–water partition coefficient (Wildman–Crippen LogP) is 4.72. The molecule has 136 valence electrons.